The molecular weight excluding hydrogens is 266 g/mol. The molecule has 0 bridgehead atoms. The zero-order valence-corrected chi connectivity index (χ0v) is 9.00. The van der Waals surface area contributed by atoms with Gasteiger partial charge in [0.2, 0.25) is 0 Å². The second-order valence-corrected chi connectivity index (χ2v) is 3.66. The second-order valence-electron chi connectivity index (χ2n) is 2.85. The van der Waals surface area contributed by atoms with E-state index in [0.29, 0.717) is 10.3 Å². The van der Waals surface area contributed by atoms with Crippen LogP contribution in [0.5, 0.6) is 0 Å². The molecular formula is C10H5BrF2N2. The van der Waals surface area contributed by atoms with Crippen molar-refractivity contribution in [2.75, 3.05) is 0 Å². The molecule has 0 amide bonds. The van der Waals surface area contributed by atoms with Crippen molar-refractivity contribution in [1.82, 2.24) is 9.97 Å². The third-order valence-corrected chi connectivity index (χ3v) is 2.27. The molecule has 0 unspecified atom stereocenters. The summed E-state index contributed by atoms with van der Waals surface area (Å²) in [6, 6.07) is 4.76. The van der Waals surface area contributed by atoms with Crippen molar-refractivity contribution in [2.45, 2.75) is 0 Å². The molecule has 0 aliphatic rings. The van der Waals surface area contributed by atoms with E-state index in [2.05, 4.69) is 25.9 Å². The van der Waals surface area contributed by atoms with Crippen molar-refractivity contribution in [1.29, 1.82) is 0 Å². The molecule has 5 heteroatoms. The third kappa shape index (κ3) is 2.18. The summed E-state index contributed by atoms with van der Waals surface area (Å²) in [7, 11) is 0. The minimum atomic E-state index is -0.512. The zero-order valence-electron chi connectivity index (χ0n) is 7.42. The van der Waals surface area contributed by atoms with Gasteiger partial charge < -0.3 is 0 Å². The highest BCUT2D eigenvalue weighted by Gasteiger charge is 2.08. The van der Waals surface area contributed by atoms with Gasteiger partial charge in [-0.1, -0.05) is 0 Å². The van der Waals surface area contributed by atoms with Gasteiger partial charge >= 0.3 is 0 Å². The Hall–Kier alpha value is -1.36. The van der Waals surface area contributed by atoms with Crippen LogP contribution < -0.4 is 0 Å². The molecule has 15 heavy (non-hydrogen) atoms. The standard InChI is InChI=1S/C10H5BrF2N2/c11-10-4-9(14-5-15-10)7-3-6(12)1-2-8(7)13/h1-5H. The molecule has 76 valence electrons. The molecule has 0 radical (unpaired) electrons. The molecule has 0 saturated carbocycles. The average Bonchev–Trinajstić information content (AvgIpc) is 2.22. The fraction of sp³-hybridized carbons (Fsp3) is 0. The first kappa shape index (κ1) is 10.2. The van der Waals surface area contributed by atoms with Crippen LogP contribution in [-0.2, 0) is 0 Å². The predicted octanol–water partition coefficient (Wildman–Crippen LogP) is 3.18. The fourth-order valence-electron chi connectivity index (χ4n) is 1.17. The van der Waals surface area contributed by atoms with Crippen molar-refractivity contribution in [3.63, 3.8) is 0 Å². The Labute approximate surface area is 93.1 Å². The normalized spacial score (nSPS) is 10.3. The summed E-state index contributed by atoms with van der Waals surface area (Å²) in [4.78, 5) is 7.67. The molecule has 0 saturated heterocycles. The van der Waals surface area contributed by atoms with E-state index in [1.165, 1.54) is 12.4 Å². The van der Waals surface area contributed by atoms with Crippen LogP contribution in [0.1, 0.15) is 0 Å². The number of hydrogen-bond donors (Lipinski definition) is 0. The van der Waals surface area contributed by atoms with Crippen molar-refractivity contribution >= 4 is 15.9 Å². The summed E-state index contributed by atoms with van der Waals surface area (Å²) >= 11 is 3.14. The molecule has 0 atom stereocenters. The van der Waals surface area contributed by atoms with Gasteiger partial charge in [0.25, 0.3) is 0 Å². The van der Waals surface area contributed by atoms with E-state index in [1.54, 1.807) is 0 Å². The van der Waals surface area contributed by atoms with Gasteiger partial charge in [0.05, 0.1) is 5.69 Å². The number of hydrogen-bond acceptors (Lipinski definition) is 2. The molecule has 2 aromatic rings. The summed E-state index contributed by atoms with van der Waals surface area (Å²) < 4.78 is 26.8. The molecule has 2 nitrogen and oxygen atoms in total. The first-order valence-corrected chi connectivity index (χ1v) is 4.89. The average molecular weight is 271 g/mol. The van der Waals surface area contributed by atoms with E-state index >= 15 is 0 Å². The lowest BCUT2D eigenvalue weighted by atomic mass is 10.1. The van der Waals surface area contributed by atoms with Gasteiger partial charge in [0, 0.05) is 5.56 Å². The Kier molecular flexibility index (Phi) is 2.73. The third-order valence-electron chi connectivity index (χ3n) is 1.84. The Bertz CT molecular complexity index is 503. The van der Waals surface area contributed by atoms with Gasteiger partial charge in [-0.25, -0.2) is 18.7 Å². The van der Waals surface area contributed by atoms with Gasteiger partial charge in [0.1, 0.15) is 22.6 Å². The highest BCUT2D eigenvalue weighted by molar-refractivity contribution is 9.10. The molecule has 0 spiro atoms. The van der Waals surface area contributed by atoms with Crippen molar-refractivity contribution < 1.29 is 8.78 Å². The molecule has 0 fully saturated rings. The lowest BCUT2D eigenvalue weighted by molar-refractivity contribution is 0.602. The SMILES string of the molecule is Fc1ccc(F)c(-c2cc(Br)ncn2)c1. The van der Waals surface area contributed by atoms with Crippen LogP contribution in [0.3, 0.4) is 0 Å². The van der Waals surface area contributed by atoms with Crippen LogP contribution in [0.2, 0.25) is 0 Å². The molecule has 0 aliphatic heterocycles. The summed E-state index contributed by atoms with van der Waals surface area (Å²) in [6.07, 6.45) is 1.28. The van der Waals surface area contributed by atoms with Gasteiger partial charge in [-0.15, -0.1) is 0 Å². The first-order chi connectivity index (χ1) is 7.16. The Balaban J connectivity index is 2.58. The second kappa shape index (κ2) is 4.02. The Morgan fingerprint density at radius 2 is 1.87 bits per heavy atom. The molecule has 1 heterocycles. The van der Waals surface area contributed by atoms with Gasteiger partial charge in [0.15, 0.2) is 0 Å². The van der Waals surface area contributed by atoms with E-state index < -0.39 is 11.6 Å². The largest absolute Gasteiger partial charge is 0.236 e. The lowest BCUT2D eigenvalue weighted by Gasteiger charge is -2.02. The van der Waals surface area contributed by atoms with Gasteiger partial charge in [-0.2, -0.15) is 0 Å². The Morgan fingerprint density at radius 1 is 1.07 bits per heavy atom. The van der Waals surface area contributed by atoms with Gasteiger partial charge in [-0.05, 0) is 40.2 Å². The van der Waals surface area contributed by atoms with E-state index in [0.717, 1.165) is 18.2 Å². The summed E-state index contributed by atoms with van der Waals surface area (Å²) in [5, 5.41) is 0. The first-order valence-electron chi connectivity index (χ1n) is 4.10. The van der Waals surface area contributed by atoms with Crippen LogP contribution in [0.25, 0.3) is 11.3 Å². The predicted molar refractivity (Wildman–Crippen MR) is 55.1 cm³/mol. The number of nitrogens with zero attached hydrogens (tertiary/aromatic N) is 2. The maximum absolute atomic E-state index is 13.3. The molecule has 1 aromatic carbocycles. The highest BCUT2D eigenvalue weighted by Crippen LogP contribution is 2.22. The number of rotatable bonds is 1. The fourth-order valence-corrected chi connectivity index (χ4v) is 1.48. The number of aromatic nitrogens is 2. The van der Waals surface area contributed by atoms with Crippen LogP contribution in [0.15, 0.2) is 35.2 Å². The lowest BCUT2D eigenvalue weighted by Crippen LogP contribution is -1.90. The minimum Gasteiger partial charge on any atom is -0.236 e. The Morgan fingerprint density at radius 3 is 2.60 bits per heavy atom. The highest BCUT2D eigenvalue weighted by atomic mass is 79.9. The maximum Gasteiger partial charge on any atom is 0.132 e. The van der Waals surface area contributed by atoms with Crippen LogP contribution in [-0.4, -0.2) is 9.97 Å². The number of halogens is 3. The van der Waals surface area contributed by atoms with Crippen LogP contribution in [0, 0.1) is 11.6 Å². The van der Waals surface area contributed by atoms with Gasteiger partial charge in [-0.3, -0.25) is 0 Å². The van der Waals surface area contributed by atoms with Crippen molar-refractivity contribution in [3.05, 3.63) is 46.8 Å². The number of benzene rings is 1. The van der Waals surface area contributed by atoms with E-state index in [9.17, 15) is 8.78 Å². The maximum atomic E-state index is 13.3. The van der Waals surface area contributed by atoms with E-state index in [-0.39, 0.29) is 5.56 Å². The van der Waals surface area contributed by atoms with Crippen LogP contribution >= 0.6 is 15.9 Å². The smallest absolute Gasteiger partial charge is 0.132 e. The van der Waals surface area contributed by atoms with E-state index in [1.807, 2.05) is 0 Å². The molecule has 1 aromatic heterocycles. The molecule has 0 aliphatic carbocycles. The zero-order chi connectivity index (χ0) is 10.8. The summed E-state index contributed by atoms with van der Waals surface area (Å²) in [5.74, 6) is -1.01. The molecule has 0 N–H and O–H groups in total. The van der Waals surface area contributed by atoms with Crippen molar-refractivity contribution in [3.8, 4) is 11.3 Å². The van der Waals surface area contributed by atoms with Crippen LogP contribution in [0.4, 0.5) is 8.78 Å². The monoisotopic (exact) mass is 270 g/mol. The quantitative estimate of drug-likeness (QED) is 0.744. The molecule has 2 rings (SSSR count). The van der Waals surface area contributed by atoms with E-state index in [4.69, 9.17) is 0 Å². The summed E-state index contributed by atoms with van der Waals surface area (Å²) in [6.45, 7) is 0. The minimum absolute atomic E-state index is 0.123. The topological polar surface area (TPSA) is 25.8 Å². The summed E-state index contributed by atoms with van der Waals surface area (Å²) in [5.41, 5.74) is 0.465. The van der Waals surface area contributed by atoms with Crippen molar-refractivity contribution in [2.24, 2.45) is 0 Å².